The number of hydrogen-bond donors (Lipinski definition) is 2. The molecule has 0 aliphatic rings. The number of rotatable bonds is 5. The fourth-order valence-electron chi connectivity index (χ4n) is 1.66. The van der Waals surface area contributed by atoms with Crippen molar-refractivity contribution in [2.24, 2.45) is 0 Å². The molecule has 2 rings (SSSR count). The number of nitrogens with zero attached hydrogens (tertiary/aromatic N) is 2. The molecule has 0 amide bonds. The third-order valence-corrected chi connectivity index (χ3v) is 3.62. The summed E-state index contributed by atoms with van der Waals surface area (Å²) in [5.74, 6) is -1.87. The molecule has 2 aromatic rings. The maximum Gasteiger partial charge on any atom is 0.355 e. The lowest BCUT2D eigenvalue weighted by atomic mass is 10.2. The van der Waals surface area contributed by atoms with E-state index in [0.717, 1.165) is 23.5 Å². The van der Waals surface area contributed by atoms with Crippen LogP contribution < -0.4 is 5.32 Å². The van der Waals surface area contributed by atoms with Gasteiger partial charge in [0.15, 0.2) is 5.69 Å². The smallest absolute Gasteiger partial charge is 0.355 e. The van der Waals surface area contributed by atoms with Crippen LogP contribution in [-0.2, 0) is 0 Å². The van der Waals surface area contributed by atoms with E-state index >= 15 is 0 Å². The molecule has 1 atom stereocenters. The van der Waals surface area contributed by atoms with Gasteiger partial charge in [0.1, 0.15) is 10.8 Å². The Morgan fingerprint density at radius 1 is 1.52 bits per heavy atom. The Morgan fingerprint density at radius 3 is 2.81 bits per heavy atom. The minimum Gasteiger partial charge on any atom is -0.476 e. The first-order chi connectivity index (χ1) is 9.86. The van der Waals surface area contributed by atoms with Gasteiger partial charge in [-0.25, -0.2) is 14.2 Å². The van der Waals surface area contributed by atoms with E-state index in [1.165, 1.54) is 11.4 Å². The quantitative estimate of drug-likeness (QED) is 0.649. The van der Waals surface area contributed by atoms with Crippen molar-refractivity contribution < 1.29 is 19.2 Å². The number of nitro benzene ring substituents is 1. The van der Waals surface area contributed by atoms with Gasteiger partial charge < -0.3 is 10.4 Å². The molecule has 0 aliphatic carbocycles. The summed E-state index contributed by atoms with van der Waals surface area (Å²) in [4.78, 5) is 24.7. The molecule has 0 spiro atoms. The average molecular weight is 311 g/mol. The average Bonchev–Trinajstić information content (AvgIpc) is 2.87. The van der Waals surface area contributed by atoms with Crippen LogP contribution in [0.15, 0.2) is 23.6 Å². The van der Waals surface area contributed by atoms with E-state index in [4.69, 9.17) is 5.11 Å². The predicted octanol–water partition coefficient (Wildman–Crippen LogP) is 3.06. The normalized spacial score (nSPS) is 11.9. The molecular weight excluding hydrogens is 301 g/mol. The molecule has 0 saturated carbocycles. The summed E-state index contributed by atoms with van der Waals surface area (Å²) >= 11 is 1.14. The fraction of sp³-hybridized carbons (Fsp3) is 0.167. The number of hydrogen-bond acceptors (Lipinski definition) is 6. The Balaban J connectivity index is 2.20. The zero-order chi connectivity index (χ0) is 15.6. The Bertz CT molecular complexity index is 704. The summed E-state index contributed by atoms with van der Waals surface area (Å²) < 4.78 is 13.3. The van der Waals surface area contributed by atoms with Crippen LogP contribution in [0.2, 0.25) is 0 Å². The number of aromatic nitrogens is 1. The van der Waals surface area contributed by atoms with Crippen molar-refractivity contribution in [1.29, 1.82) is 0 Å². The van der Waals surface area contributed by atoms with Gasteiger partial charge in [-0.15, -0.1) is 11.3 Å². The topological polar surface area (TPSA) is 105 Å². The van der Waals surface area contributed by atoms with Crippen molar-refractivity contribution in [3.05, 3.63) is 50.2 Å². The van der Waals surface area contributed by atoms with Crippen LogP contribution in [0.5, 0.6) is 0 Å². The second kappa shape index (κ2) is 5.83. The minimum atomic E-state index is -1.13. The Morgan fingerprint density at radius 2 is 2.24 bits per heavy atom. The summed E-state index contributed by atoms with van der Waals surface area (Å²) in [6, 6.07) is 2.73. The lowest BCUT2D eigenvalue weighted by molar-refractivity contribution is -0.385. The third kappa shape index (κ3) is 3.51. The number of anilines is 1. The van der Waals surface area contributed by atoms with Gasteiger partial charge in [0.2, 0.25) is 0 Å². The molecule has 1 aromatic heterocycles. The molecular formula is C12H10FN3O4S. The second-order valence-electron chi connectivity index (χ2n) is 4.20. The first-order valence-electron chi connectivity index (χ1n) is 5.77. The number of carboxylic acids is 1. The van der Waals surface area contributed by atoms with Crippen LogP contribution in [0.25, 0.3) is 0 Å². The van der Waals surface area contributed by atoms with Crippen molar-refractivity contribution in [3.8, 4) is 0 Å². The third-order valence-electron chi connectivity index (χ3n) is 2.59. The SMILES string of the molecule is CC(Nc1cc(F)cc([N+](=O)[O-])c1)c1nc(C(=O)O)cs1. The summed E-state index contributed by atoms with van der Waals surface area (Å²) in [6.45, 7) is 1.70. The maximum atomic E-state index is 13.3. The molecule has 0 aliphatic heterocycles. The van der Waals surface area contributed by atoms with E-state index in [1.54, 1.807) is 6.92 Å². The van der Waals surface area contributed by atoms with Crippen molar-refractivity contribution in [3.63, 3.8) is 0 Å². The van der Waals surface area contributed by atoms with Crippen LogP contribution in [0, 0.1) is 15.9 Å². The van der Waals surface area contributed by atoms with Crippen LogP contribution in [0.1, 0.15) is 28.5 Å². The minimum absolute atomic E-state index is 0.0751. The number of aromatic carboxylic acids is 1. The maximum absolute atomic E-state index is 13.3. The zero-order valence-electron chi connectivity index (χ0n) is 10.7. The van der Waals surface area contributed by atoms with Gasteiger partial charge in [0.05, 0.1) is 17.0 Å². The van der Waals surface area contributed by atoms with Crippen molar-refractivity contribution in [2.45, 2.75) is 13.0 Å². The Labute approximate surface area is 122 Å². The summed E-state index contributed by atoms with van der Waals surface area (Å²) in [6.07, 6.45) is 0. The van der Waals surface area contributed by atoms with Crippen LogP contribution >= 0.6 is 11.3 Å². The van der Waals surface area contributed by atoms with Crippen molar-refractivity contribution >= 4 is 28.7 Å². The van der Waals surface area contributed by atoms with Gasteiger partial charge >= 0.3 is 5.97 Å². The molecule has 0 radical (unpaired) electrons. The van der Waals surface area contributed by atoms with E-state index < -0.39 is 22.8 Å². The van der Waals surface area contributed by atoms with Crippen molar-refractivity contribution in [2.75, 3.05) is 5.32 Å². The lowest BCUT2D eigenvalue weighted by Gasteiger charge is -2.12. The molecule has 2 N–H and O–H groups in total. The van der Waals surface area contributed by atoms with E-state index in [2.05, 4.69) is 10.3 Å². The van der Waals surface area contributed by atoms with Crippen LogP contribution in [0.4, 0.5) is 15.8 Å². The van der Waals surface area contributed by atoms with E-state index in [1.807, 2.05) is 0 Å². The number of nitrogens with one attached hydrogen (secondary N) is 1. The number of thiazole rings is 1. The first kappa shape index (κ1) is 14.9. The van der Waals surface area contributed by atoms with Gasteiger partial charge in [-0.3, -0.25) is 10.1 Å². The fourth-order valence-corrected chi connectivity index (χ4v) is 2.46. The van der Waals surface area contributed by atoms with Gasteiger partial charge in [0, 0.05) is 17.1 Å². The van der Waals surface area contributed by atoms with Crippen molar-refractivity contribution in [1.82, 2.24) is 4.98 Å². The lowest BCUT2D eigenvalue weighted by Crippen LogP contribution is -2.08. The monoisotopic (exact) mass is 311 g/mol. The highest BCUT2D eigenvalue weighted by Crippen LogP contribution is 2.26. The highest BCUT2D eigenvalue weighted by molar-refractivity contribution is 7.09. The molecule has 1 aromatic carbocycles. The molecule has 9 heteroatoms. The molecule has 1 unspecified atom stereocenters. The molecule has 0 saturated heterocycles. The number of nitro groups is 1. The largest absolute Gasteiger partial charge is 0.476 e. The number of benzene rings is 1. The molecule has 0 bridgehead atoms. The van der Waals surface area contributed by atoms with Gasteiger partial charge in [-0.2, -0.15) is 0 Å². The number of carboxylic acid groups (broad SMARTS) is 1. The predicted molar refractivity (Wildman–Crippen MR) is 74.2 cm³/mol. The molecule has 110 valence electrons. The highest BCUT2D eigenvalue weighted by atomic mass is 32.1. The Hall–Kier alpha value is -2.55. The summed E-state index contributed by atoms with van der Waals surface area (Å²) in [5.41, 5.74) is -0.217. The zero-order valence-corrected chi connectivity index (χ0v) is 11.6. The highest BCUT2D eigenvalue weighted by Gasteiger charge is 2.16. The van der Waals surface area contributed by atoms with E-state index in [0.29, 0.717) is 5.01 Å². The summed E-state index contributed by atoms with van der Waals surface area (Å²) in [7, 11) is 0. The molecule has 1 heterocycles. The van der Waals surface area contributed by atoms with E-state index in [9.17, 15) is 19.3 Å². The van der Waals surface area contributed by atoms with Crippen LogP contribution in [-0.4, -0.2) is 21.0 Å². The van der Waals surface area contributed by atoms with Gasteiger partial charge in [-0.05, 0) is 13.0 Å². The molecule has 0 fully saturated rings. The number of non-ortho nitro benzene ring substituents is 1. The number of halogens is 1. The molecule has 21 heavy (non-hydrogen) atoms. The van der Waals surface area contributed by atoms with Crippen LogP contribution in [0.3, 0.4) is 0 Å². The number of carbonyl (C=O) groups is 1. The first-order valence-corrected chi connectivity index (χ1v) is 6.65. The standard InChI is InChI=1S/C12H10FN3O4S/c1-6(11-15-10(5-21-11)12(17)18)14-8-2-7(13)3-9(4-8)16(19)20/h2-6,14H,1H3,(H,17,18). The molecule has 7 nitrogen and oxygen atoms in total. The van der Waals surface area contributed by atoms with Gasteiger partial charge in [0.25, 0.3) is 5.69 Å². The second-order valence-corrected chi connectivity index (χ2v) is 5.09. The Kier molecular flexibility index (Phi) is 4.13. The summed E-state index contributed by atoms with van der Waals surface area (Å²) in [5, 5.41) is 24.2. The van der Waals surface area contributed by atoms with Gasteiger partial charge in [-0.1, -0.05) is 0 Å². The van der Waals surface area contributed by atoms with E-state index in [-0.39, 0.29) is 17.1 Å².